The van der Waals surface area contributed by atoms with Crippen LogP contribution in [0.2, 0.25) is 0 Å². The Kier molecular flexibility index (Phi) is 10.1. The van der Waals surface area contributed by atoms with E-state index in [-0.39, 0.29) is 5.78 Å². The van der Waals surface area contributed by atoms with Gasteiger partial charge >= 0.3 is 0 Å². The lowest BCUT2D eigenvalue weighted by atomic mass is 10.0. The molecule has 29 heavy (non-hydrogen) atoms. The minimum Gasteiger partial charge on any atom is -0.493 e. The van der Waals surface area contributed by atoms with Crippen LogP contribution in [0.3, 0.4) is 0 Å². The van der Waals surface area contributed by atoms with Crippen LogP contribution >= 0.6 is 0 Å². The third kappa shape index (κ3) is 6.81. The first-order valence-corrected chi connectivity index (χ1v) is 10.9. The number of carbonyl (C=O) groups is 1. The maximum atomic E-state index is 13.4. The molecule has 4 nitrogen and oxygen atoms in total. The van der Waals surface area contributed by atoms with E-state index >= 15 is 0 Å². The maximum Gasteiger partial charge on any atom is 0.200 e. The number of ether oxygens (including phenoxy) is 3. The van der Waals surface area contributed by atoms with Crippen molar-refractivity contribution in [2.45, 2.75) is 59.3 Å². The van der Waals surface area contributed by atoms with Crippen molar-refractivity contribution in [2.24, 2.45) is 0 Å². The van der Waals surface area contributed by atoms with E-state index in [1.165, 1.54) is 0 Å². The van der Waals surface area contributed by atoms with Gasteiger partial charge in [0, 0.05) is 0 Å². The molecule has 0 fully saturated rings. The standard InChI is InChI=1S/C25H34O4/c1-4-7-17-27-22-15-11-10-13-20(22)24(26)21-14-12-16-23(28-18-8-5-2)25(21)29-19-9-6-3/h10-16H,4-9,17-19H2,1-3H3. The SMILES string of the molecule is CCCCOc1ccccc1C(=O)c1cccc(OCCCC)c1OCCCC. The first kappa shape index (κ1) is 22.8. The summed E-state index contributed by atoms with van der Waals surface area (Å²) in [4.78, 5) is 13.4. The van der Waals surface area contributed by atoms with Gasteiger partial charge in [0.15, 0.2) is 11.5 Å². The highest BCUT2D eigenvalue weighted by molar-refractivity contribution is 6.12. The number of hydrogen-bond donors (Lipinski definition) is 0. The zero-order chi connectivity index (χ0) is 20.9. The molecule has 0 bridgehead atoms. The predicted molar refractivity (Wildman–Crippen MR) is 118 cm³/mol. The molecule has 0 amide bonds. The first-order valence-electron chi connectivity index (χ1n) is 10.9. The molecule has 0 heterocycles. The summed E-state index contributed by atoms with van der Waals surface area (Å²) in [6, 6.07) is 12.9. The van der Waals surface area contributed by atoms with Crippen LogP contribution in [0.1, 0.15) is 75.2 Å². The molecule has 0 radical (unpaired) electrons. The Morgan fingerprint density at radius 3 is 1.83 bits per heavy atom. The van der Waals surface area contributed by atoms with Crippen LogP contribution in [0.15, 0.2) is 42.5 Å². The smallest absolute Gasteiger partial charge is 0.200 e. The monoisotopic (exact) mass is 398 g/mol. The molecule has 0 saturated heterocycles. The summed E-state index contributed by atoms with van der Waals surface area (Å²) in [5.41, 5.74) is 1.07. The highest BCUT2D eigenvalue weighted by Gasteiger charge is 2.21. The topological polar surface area (TPSA) is 44.8 Å². The van der Waals surface area contributed by atoms with Gasteiger partial charge in [-0.2, -0.15) is 0 Å². The average molecular weight is 399 g/mol. The molecule has 0 aromatic heterocycles. The average Bonchev–Trinajstić information content (AvgIpc) is 2.75. The van der Waals surface area contributed by atoms with E-state index in [1.807, 2.05) is 36.4 Å². The molecule has 0 spiro atoms. The second-order valence-electron chi connectivity index (χ2n) is 7.06. The van der Waals surface area contributed by atoms with E-state index in [9.17, 15) is 4.79 Å². The van der Waals surface area contributed by atoms with Crippen LogP contribution in [0.4, 0.5) is 0 Å². The van der Waals surface area contributed by atoms with Crippen molar-refractivity contribution in [2.75, 3.05) is 19.8 Å². The summed E-state index contributed by atoms with van der Waals surface area (Å²) in [7, 11) is 0. The van der Waals surface area contributed by atoms with Gasteiger partial charge in [-0.15, -0.1) is 0 Å². The quantitative estimate of drug-likeness (QED) is 0.271. The van der Waals surface area contributed by atoms with Gasteiger partial charge in [-0.1, -0.05) is 58.2 Å². The number of rotatable bonds is 14. The molecule has 0 atom stereocenters. The molecule has 0 unspecified atom stereocenters. The van der Waals surface area contributed by atoms with Gasteiger partial charge < -0.3 is 14.2 Å². The molecule has 0 aliphatic rings. The van der Waals surface area contributed by atoms with Crippen molar-refractivity contribution in [3.05, 3.63) is 53.6 Å². The normalized spacial score (nSPS) is 10.6. The third-order valence-corrected chi connectivity index (χ3v) is 4.61. The summed E-state index contributed by atoms with van der Waals surface area (Å²) in [6.07, 6.45) is 5.95. The van der Waals surface area contributed by atoms with Gasteiger partial charge in [0.1, 0.15) is 5.75 Å². The van der Waals surface area contributed by atoms with Crippen molar-refractivity contribution in [1.29, 1.82) is 0 Å². The van der Waals surface area contributed by atoms with Gasteiger partial charge in [-0.25, -0.2) is 0 Å². The lowest BCUT2D eigenvalue weighted by molar-refractivity contribution is 0.103. The van der Waals surface area contributed by atoms with E-state index in [4.69, 9.17) is 14.2 Å². The number of unbranched alkanes of at least 4 members (excludes halogenated alkanes) is 3. The zero-order valence-corrected chi connectivity index (χ0v) is 18.0. The largest absolute Gasteiger partial charge is 0.493 e. The zero-order valence-electron chi connectivity index (χ0n) is 18.0. The molecule has 2 aromatic rings. The van der Waals surface area contributed by atoms with Crippen LogP contribution in [0.25, 0.3) is 0 Å². The molecule has 4 heteroatoms. The number of benzene rings is 2. The minimum absolute atomic E-state index is 0.107. The molecule has 0 aliphatic carbocycles. The Morgan fingerprint density at radius 1 is 0.655 bits per heavy atom. The van der Waals surface area contributed by atoms with E-state index in [1.54, 1.807) is 6.07 Å². The lowest BCUT2D eigenvalue weighted by Crippen LogP contribution is -2.10. The van der Waals surface area contributed by atoms with E-state index in [0.717, 1.165) is 38.5 Å². The summed E-state index contributed by atoms with van der Waals surface area (Å²) in [6.45, 7) is 8.11. The second-order valence-corrected chi connectivity index (χ2v) is 7.06. The van der Waals surface area contributed by atoms with Crippen molar-refractivity contribution in [3.8, 4) is 17.2 Å². The Hall–Kier alpha value is -2.49. The van der Waals surface area contributed by atoms with Gasteiger partial charge in [0.25, 0.3) is 0 Å². The number of ketones is 1. The van der Waals surface area contributed by atoms with Crippen molar-refractivity contribution < 1.29 is 19.0 Å². The third-order valence-electron chi connectivity index (χ3n) is 4.61. The van der Waals surface area contributed by atoms with Crippen LogP contribution in [0.5, 0.6) is 17.2 Å². The summed E-state index contributed by atoms with van der Waals surface area (Å²) in [5, 5.41) is 0. The van der Waals surface area contributed by atoms with E-state index in [2.05, 4.69) is 20.8 Å². The summed E-state index contributed by atoms with van der Waals surface area (Å²) >= 11 is 0. The number of carbonyl (C=O) groups excluding carboxylic acids is 1. The fourth-order valence-electron chi connectivity index (χ4n) is 2.85. The predicted octanol–water partition coefficient (Wildman–Crippen LogP) is 6.45. The molecular weight excluding hydrogens is 364 g/mol. The van der Waals surface area contributed by atoms with Crippen LogP contribution < -0.4 is 14.2 Å². The highest BCUT2D eigenvalue weighted by atomic mass is 16.5. The van der Waals surface area contributed by atoms with E-state index < -0.39 is 0 Å². The Morgan fingerprint density at radius 2 is 1.17 bits per heavy atom. The van der Waals surface area contributed by atoms with Gasteiger partial charge in [0.2, 0.25) is 5.78 Å². The molecule has 2 aromatic carbocycles. The molecule has 0 N–H and O–H groups in total. The van der Waals surface area contributed by atoms with Crippen molar-refractivity contribution >= 4 is 5.78 Å². The van der Waals surface area contributed by atoms with Gasteiger partial charge in [-0.3, -0.25) is 4.79 Å². The molecule has 2 rings (SSSR count). The maximum absolute atomic E-state index is 13.4. The van der Waals surface area contributed by atoms with Gasteiger partial charge in [-0.05, 0) is 43.5 Å². The van der Waals surface area contributed by atoms with Crippen LogP contribution in [-0.2, 0) is 0 Å². The minimum atomic E-state index is -0.107. The highest BCUT2D eigenvalue weighted by Crippen LogP contribution is 2.35. The Labute approximate surface area is 175 Å². The summed E-state index contributed by atoms with van der Waals surface area (Å²) in [5.74, 6) is 1.67. The Balaban J connectivity index is 2.34. The lowest BCUT2D eigenvalue weighted by Gasteiger charge is -2.17. The molecular formula is C25H34O4. The Bertz CT molecular complexity index is 754. The molecule has 0 aliphatic heterocycles. The van der Waals surface area contributed by atoms with Crippen LogP contribution in [0, 0.1) is 0 Å². The van der Waals surface area contributed by atoms with Crippen molar-refractivity contribution in [1.82, 2.24) is 0 Å². The fourth-order valence-corrected chi connectivity index (χ4v) is 2.85. The van der Waals surface area contributed by atoms with E-state index in [0.29, 0.717) is 48.2 Å². The van der Waals surface area contributed by atoms with Crippen LogP contribution in [-0.4, -0.2) is 25.6 Å². The number of hydrogen-bond acceptors (Lipinski definition) is 4. The number of para-hydroxylation sites is 2. The first-order chi connectivity index (χ1) is 14.2. The fraction of sp³-hybridized carbons (Fsp3) is 0.480. The van der Waals surface area contributed by atoms with Gasteiger partial charge in [0.05, 0.1) is 30.9 Å². The molecule has 0 saturated carbocycles. The summed E-state index contributed by atoms with van der Waals surface area (Å²) < 4.78 is 17.8. The van der Waals surface area contributed by atoms with Crippen molar-refractivity contribution in [3.63, 3.8) is 0 Å². The molecule has 158 valence electrons. The second kappa shape index (κ2) is 12.9.